The number of esters is 1. The summed E-state index contributed by atoms with van der Waals surface area (Å²) in [5, 5.41) is 9.24. The first-order chi connectivity index (χ1) is 14.4. The molecule has 1 fully saturated rings. The van der Waals surface area contributed by atoms with E-state index in [2.05, 4.69) is 38.1 Å². The second-order valence-corrected chi connectivity index (χ2v) is 9.63. The highest BCUT2D eigenvalue weighted by Crippen LogP contribution is 2.32. The average molecular weight is 431 g/mol. The molecule has 31 heavy (non-hydrogen) atoms. The molecule has 2 aliphatic rings. The van der Waals surface area contributed by atoms with Gasteiger partial charge in [-0.25, -0.2) is 4.39 Å². The van der Waals surface area contributed by atoms with Crippen molar-refractivity contribution in [1.82, 2.24) is 5.32 Å². The minimum Gasteiger partial charge on any atom is -0.469 e. The zero-order valence-electron chi connectivity index (χ0n) is 19.0. The number of aliphatic imine (C=N–C) groups is 1. The molecule has 0 radical (unpaired) electrons. The first-order valence-corrected chi connectivity index (χ1v) is 10.5. The van der Waals surface area contributed by atoms with Gasteiger partial charge in [-0.1, -0.05) is 0 Å². The number of anilines is 1. The lowest BCUT2D eigenvalue weighted by Gasteiger charge is -2.45. The normalized spacial score (nSPS) is 23.6. The first kappa shape index (κ1) is 23.1. The van der Waals surface area contributed by atoms with Gasteiger partial charge in [-0.3, -0.25) is 14.6 Å². The lowest BCUT2D eigenvalue weighted by atomic mass is 9.79. The van der Waals surface area contributed by atoms with Crippen molar-refractivity contribution in [2.45, 2.75) is 71.0 Å². The van der Waals surface area contributed by atoms with Crippen LogP contribution in [0, 0.1) is 11.7 Å². The zero-order valence-corrected chi connectivity index (χ0v) is 19.0. The molecule has 1 unspecified atom stereocenters. The van der Waals surface area contributed by atoms with Gasteiger partial charge < -0.3 is 10.1 Å². The van der Waals surface area contributed by atoms with Crippen molar-refractivity contribution >= 4 is 29.0 Å². The minimum absolute atomic E-state index is 0.0401. The molecular weight excluding hydrogens is 399 g/mol. The van der Waals surface area contributed by atoms with Crippen LogP contribution in [0.4, 0.5) is 10.1 Å². The number of carbonyl (C=O) groups is 2. The first-order valence-electron chi connectivity index (χ1n) is 10.5. The quantitative estimate of drug-likeness (QED) is 0.573. The second-order valence-electron chi connectivity index (χ2n) is 9.63. The van der Waals surface area contributed by atoms with Crippen molar-refractivity contribution in [3.8, 4) is 0 Å². The van der Waals surface area contributed by atoms with Crippen molar-refractivity contribution in [2.75, 3.05) is 12.1 Å². The molecule has 0 aromatic heterocycles. The zero-order chi connectivity index (χ0) is 23.0. The van der Waals surface area contributed by atoms with Gasteiger partial charge in [0.05, 0.1) is 31.0 Å². The van der Waals surface area contributed by atoms with Gasteiger partial charge in [0.25, 0.3) is 5.91 Å². The van der Waals surface area contributed by atoms with Gasteiger partial charge in [-0.2, -0.15) is 10.1 Å². The highest BCUT2D eigenvalue weighted by atomic mass is 19.1. The molecule has 168 valence electrons. The number of nitrogens with one attached hydrogen (secondary N) is 1. The van der Waals surface area contributed by atoms with Crippen LogP contribution >= 0.6 is 0 Å². The number of methoxy groups -OCH3 is 1. The monoisotopic (exact) mass is 430 g/mol. The number of hydrogen-bond acceptors (Lipinski definition) is 6. The van der Waals surface area contributed by atoms with Gasteiger partial charge in [0.1, 0.15) is 11.7 Å². The van der Waals surface area contributed by atoms with Gasteiger partial charge in [0, 0.05) is 16.8 Å². The maximum absolute atomic E-state index is 13.3. The fourth-order valence-corrected chi connectivity index (χ4v) is 4.77. The standard InChI is InChI=1S/C23H31FN4O3/c1-14(25-16-12-22(2,3)27-23(4,5)13-16)20-18(11-19(29)31-6)26-28(21(20)30)17-9-7-15(24)8-10-17/h7-10,16,20,27H,11-13H2,1-6H3. The Hall–Kier alpha value is -2.61. The molecule has 2 heterocycles. The summed E-state index contributed by atoms with van der Waals surface area (Å²) < 4.78 is 18.1. The summed E-state index contributed by atoms with van der Waals surface area (Å²) in [6, 6.07) is 5.55. The van der Waals surface area contributed by atoms with E-state index in [1.54, 1.807) is 0 Å². The number of hydrazone groups is 1. The highest BCUT2D eigenvalue weighted by molar-refractivity contribution is 6.30. The third kappa shape index (κ3) is 5.36. The van der Waals surface area contributed by atoms with Crippen LogP contribution in [0.1, 0.15) is 53.9 Å². The molecule has 1 atom stereocenters. The molecular formula is C23H31FN4O3. The SMILES string of the molecule is COC(=O)CC1=NN(c2ccc(F)cc2)C(=O)C1C(C)=NC1CC(C)(C)NC(C)(C)C1. The van der Waals surface area contributed by atoms with Crippen LogP contribution in [0.15, 0.2) is 34.4 Å². The third-order valence-corrected chi connectivity index (χ3v) is 5.61. The Balaban J connectivity index is 1.92. The van der Waals surface area contributed by atoms with Crippen molar-refractivity contribution in [1.29, 1.82) is 0 Å². The van der Waals surface area contributed by atoms with Crippen LogP contribution in [0.2, 0.25) is 0 Å². The fraction of sp³-hybridized carbons (Fsp3) is 0.565. The molecule has 1 aromatic rings. The molecule has 7 nitrogen and oxygen atoms in total. The summed E-state index contributed by atoms with van der Waals surface area (Å²) in [6.07, 6.45) is 1.56. The largest absolute Gasteiger partial charge is 0.469 e. The molecule has 2 aliphatic heterocycles. The predicted molar refractivity (Wildman–Crippen MR) is 119 cm³/mol. The van der Waals surface area contributed by atoms with E-state index in [0.29, 0.717) is 17.1 Å². The smallest absolute Gasteiger partial charge is 0.311 e. The predicted octanol–water partition coefficient (Wildman–Crippen LogP) is 3.48. The molecule has 1 saturated heterocycles. The third-order valence-electron chi connectivity index (χ3n) is 5.61. The number of nitrogens with zero attached hydrogens (tertiary/aromatic N) is 3. The molecule has 8 heteroatoms. The maximum atomic E-state index is 13.3. The summed E-state index contributed by atoms with van der Waals surface area (Å²) in [5.41, 5.74) is 1.27. The molecule has 0 aliphatic carbocycles. The van der Waals surface area contributed by atoms with E-state index in [-0.39, 0.29) is 29.4 Å². The Morgan fingerprint density at radius 3 is 2.35 bits per heavy atom. The second kappa shape index (κ2) is 8.49. The summed E-state index contributed by atoms with van der Waals surface area (Å²) in [7, 11) is 1.30. The molecule has 3 rings (SSSR count). The van der Waals surface area contributed by atoms with Gasteiger partial charge >= 0.3 is 5.97 Å². The number of rotatable bonds is 5. The van der Waals surface area contributed by atoms with E-state index < -0.39 is 17.7 Å². The molecule has 0 spiro atoms. The number of benzene rings is 1. The Kier molecular flexibility index (Phi) is 6.32. The summed E-state index contributed by atoms with van der Waals surface area (Å²) in [5.74, 6) is -1.93. The van der Waals surface area contributed by atoms with Crippen molar-refractivity contribution in [3.63, 3.8) is 0 Å². The maximum Gasteiger partial charge on any atom is 0.311 e. The summed E-state index contributed by atoms with van der Waals surface area (Å²) >= 11 is 0. The van der Waals surface area contributed by atoms with E-state index in [1.165, 1.54) is 36.4 Å². The molecule has 0 bridgehead atoms. The van der Waals surface area contributed by atoms with Gasteiger partial charge in [0.15, 0.2) is 0 Å². The number of hydrogen-bond donors (Lipinski definition) is 1. The average Bonchev–Trinajstić information content (AvgIpc) is 2.95. The molecule has 0 saturated carbocycles. The highest BCUT2D eigenvalue weighted by Gasteiger charge is 2.42. The fourth-order valence-electron chi connectivity index (χ4n) is 4.77. The number of amides is 1. The van der Waals surface area contributed by atoms with Crippen molar-refractivity contribution in [3.05, 3.63) is 30.1 Å². The Labute approximate surface area is 182 Å². The number of piperidine rings is 1. The van der Waals surface area contributed by atoms with E-state index in [4.69, 9.17) is 9.73 Å². The lowest BCUT2D eigenvalue weighted by Crippen LogP contribution is -2.59. The van der Waals surface area contributed by atoms with Crippen LogP contribution < -0.4 is 10.3 Å². The number of carbonyl (C=O) groups excluding carboxylic acids is 2. The van der Waals surface area contributed by atoms with Crippen molar-refractivity contribution in [2.24, 2.45) is 16.0 Å². The van der Waals surface area contributed by atoms with Gasteiger partial charge in [-0.15, -0.1) is 0 Å². The van der Waals surface area contributed by atoms with Crippen LogP contribution in [0.3, 0.4) is 0 Å². The van der Waals surface area contributed by atoms with Gasteiger partial charge in [-0.05, 0) is 71.7 Å². The Bertz CT molecular complexity index is 905. The van der Waals surface area contributed by atoms with Crippen LogP contribution in [0.5, 0.6) is 0 Å². The molecule has 1 N–H and O–H groups in total. The van der Waals surface area contributed by atoms with Crippen LogP contribution in [0.25, 0.3) is 0 Å². The Morgan fingerprint density at radius 1 is 1.23 bits per heavy atom. The minimum atomic E-state index is -0.745. The molecule has 1 amide bonds. The van der Waals surface area contributed by atoms with E-state index in [1.807, 2.05) is 6.92 Å². The van der Waals surface area contributed by atoms with E-state index in [0.717, 1.165) is 12.8 Å². The summed E-state index contributed by atoms with van der Waals surface area (Å²) in [4.78, 5) is 30.2. The number of ether oxygens (including phenoxy) is 1. The van der Waals surface area contributed by atoms with Crippen LogP contribution in [-0.4, -0.2) is 47.5 Å². The lowest BCUT2D eigenvalue weighted by molar-refractivity contribution is -0.139. The van der Waals surface area contributed by atoms with Crippen molar-refractivity contribution < 1.29 is 18.7 Å². The summed E-state index contributed by atoms with van der Waals surface area (Å²) in [6.45, 7) is 10.4. The van der Waals surface area contributed by atoms with Crippen LogP contribution in [-0.2, 0) is 14.3 Å². The molecule has 1 aromatic carbocycles. The van der Waals surface area contributed by atoms with E-state index in [9.17, 15) is 14.0 Å². The van der Waals surface area contributed by atoms with Gasteiger partial charge in [0.2, 0.25) is 0 Å². The number of halogens is 1. The topological polar surface area (TPSA) is 83.4 Å². The Morgan fingerprint density at radius 2 is 1.81 bits per heavy atom. The van der Waals surface area contributed by atoms with E-state index >= 15 is 0 Å².